The molecule has 2 aliphatic rings. The van der Waals surface area contributed by atoms with Gasteiger partial charge in [0.15, 0.2) is 0 Å². The van der Waals surface area contributed by atoms with Crippen molar-refractivity contribution in [1.29, 1.82) is 0 Å². The minimum atomic E-state index is 0.163. The van der Waals surface area contributed by atoms with Crippen LogP contribution in [0.1, 0.15) is 38.5 Å². The van der Waals surface area contributed by atoms with E-state index in [4.69, 9.17) is 0 Å². The highest BCUT2D eigenvalue weighted by Crippen LogP contribution is 2.32. The van der Waals surface area contributed by atoms with Crippen LogP contribution in [-0.4, -0.2) is 19.0 Å². The van der Waals surface area contributed by atoms with Gasteiger partial charge in [-0.2, -0.15) is 0 Å². The Labute approximate surface area is 135 Å². The summed E-state index contributed by atoms with van der Waals surface area (Å²) in [5.74, 6) is 0.163. The lowest BCUT2D eigenvalue weighted by molar-refractivity contribution is 0.0991. The average molecular weight is 312 g/mol. The summed E-state index contributed by atoms with van der Waals surface area (Å²) in [6.45, 7) is 2.41. The molecule has 2 aromatic rings. The molecule has 0 unspecified atom stereocenters. The van der Waals surface area contributed by atoms with Gasteiger partial charge in [-0.3, -0.25) is 4.79 Å². The van der Waals surface area contributed by atoms with Gasteiger partial charge >= 0.3 is 0 Å². The summed E-state index contributed by atoms with van der Waals surface area (Å²) in [6.07, 6.45) is 4.80. The molecule has 1 aliphatic heterocycles. The van der Waals surface area contributed by atoms with Gasteiger partial charge in [-0.25, -0.2) is 0 Å². The van der Waals surface area contributed by atoms with Crippen LogP contribution in [0.3, 0.4) is 0 Å². The molecule has 0 fully saturated rings. The van der Waals surface area contributed by atoms with Gasteiger partial charge in [0, 0.05) is 30.2 Å². The van der Waals surface area contributed by atoms with Crippen LogP contribution in [0.4, 0.5) is 5.69 Å². The molecule has 1 amide bonds. The number of benzene rings is 1. The van der Waals surface area contributed by atoms with Crippen molar-refractivity contribution in [1.82, 2.24) is 5.32 Å². The van der Waals surface area contributed by atoms with Crippen molar-refractivity contribution in [2.24, 2.45) is 0 Å². The first-order valence-corrected chi connectivity index (χ1v) is 8.86. The van der Waals surface area contributed by atoms with Crippen molar-refractivity contribution >= 4 is 22.9 Å². The van der Waals surface area contributed by atoms with Crippen molar-refractivity contribution < 1.29 is 4.79 Å². The Morgan fingerprint density at radius 2 is 2.00 bits per heavy atom. The van der Waals surface area contributed by atoms with Gasteiger partial charge in [-0.05, 0) is 48.9 Å². The van der Waals surface area contributed by atoms with Crippen LogP contribution in [-0.2, 0) is 19.4 Å². The third-order valence-corrected chi connectivity index (χ3v) is 5.79. The molecule has 1 aromatic carbocycles. The third kappa shape index (κ3) is 2.46. The van der Waals surface area contributed by atoms with E-state index in [1.165, 1.54) is 28.8 Å². The van der Waals surface area contributed by atoms with E-state index < -0.39 is 0 Å². The Hall–Kier alpha value is -1.65. The summed E-state index contributed by atoms with van der Waals surface area (Å²) < 4.78 is 0. The number of amides is 1. The second-order valence-corrected chi connectivity index (χ2v) is 7.17. The zero-order valence-corrected chi connectivity index (χ0v) is 13.4. The Morgan fingerprint density at radius 1 is 1.14 bits per heavy atom. The van der Waals surface area contributed by atoms with E-state index in [0.29, 0.717) is 0 Å². The van der Waals surface area contributed by atoms with Crippen molar-refractivity contribution in [2.75, 3.05) is 18.0 Å². The van der Waals surface area contributed by atoms with E-state index in [9.17, 15) is 4.79 Å². The van der Waals surface area contributed by atoms with Crippen LogP contribution in [0.2, 0.25) is 0 Å². The number of para-hydroxylation sites is 1. The van der Waals surface area contributed by atoms with E-state index >= 15 is 0 Å². The molecule has 4 rings (SSSR count). The van der Waals surface area contributed by atoms with Gasteiger partial charge in [0.05, 0.1) is 4.88 Å². The molecule has 0 atom stereocenters. The van der Waals surface area contributed by atoms with Gasteiger partial charge in [0.2, 0.25) is 0 Å². The minimum Gasteiger partial charge on any atom is -0.311 e. The van der Waals surface area contributed by atoms with Crippen molar-refractivity contribution in [2.45, 2.75) is 32.2 Å². The van der Waals surface area contributed by atoms with E-state index in [1.807, 2.05) is 17.0 Å². The van der Waals surface area contributed by atoms with Crippen LogP contribution in [0.25, 0.3) is 0 Å². The number of hydrogen-bond acceptors (Lipinski definition) is 3. The van der Waals surface area contributed by atoms with Gasteiger partial charge < -0.3 is 10.2 Å². The number of rotatable bonds is 1. The Balaban J connectivity index is 1.69. The SMILES string of the molecule is O=C(c1cc2c(s1)CCCC2)N1CCNCc2ccccc21. The fourth-order valence-electron chi connectivity index (χ4n) is 3.40. The van der Waals surface area contributed by atoms with E-state index in [-0.39, 0.29) is 5.91 Å². The highest BCUT2D eigenvalue weighted by molar-refractivity contribution is 7.14. The number of nitrogens with one attached hydrogen (secondary N) is 1. The largest absolute Gasteiger partial charge is 0.311 e. The predicted molar refractivity (Wildman–Crippen MR) is 90.8 cm³/mol. The first-order valence-electron chi connectivity index (χ1n) is 8.05. The van der Waals surface area contributed by atoms with Crippen molar-refractivity contribution in [3.63, 3.8) is 0 Å². The molecule has 2 heterocycles. The normalized spacial score (nSPS) is 17.5. The predicted octanol–water partition coefficient (Wildman–Crippen LogP) is 3.38. The molecular weight excluding hydrogens is 292 g/mol. The summed E-state index contributed by atoms with van der Waals surface area (Å²) in [5, 5.41) is 3.40. The standard InChI is InChI=1S/C18H20N2OS/c21-18(17-11-13-5-2-4-8-16(13)22-17)20-10-9-19-12-14-6-1-3-7-15(14)20/h1,3,6-7,11,19H,2,4-5,8-10,12H2. The third-order valence-electron chi connectivity index (χ3n) is 4.56. The lowest BCUT2D eigenvalue weighted by atomic mass is 9.99. The average Bonchev–Trinajstić information content (AvgIpc) is 2.87. The van der Waals surface area contributed by atoms with Crippen LogP contribution in [0.15, 0.2) is 30.3 Å². The molecule has 0 saturated heterocycles. The summed E-state index contributed by atoms with van der Waals surface area (Å²) in [6, 6.07) is 10.4. The number of aryl methyl sites for hydroxylation is 2. The lowest BCUT2D eigenvalue weighted by Crippen LogP contribution is -2.34. The summed E-state index contributed by atoms with van der Waals surface area (Å²) >= 11 is 1.71. The topological polar surface area (TPSA) is 32.3 Å². The van der Waals surface area contributed by atoms with E-state index in [0.717, 1.165) is 43.0 Å². The van der Waals surface area contributed by atoms with E-state index in [1.54, 1.807) is 11.3 Å². The first-order chi connectivity index (χ1) is 10.8. The fraction of sp³-hybridized carbons (Fsp3) is 0.389. The second kappa shape index (κ2) is 5.86. The van der Waals surface area contributed by atoms with Gasteiger partial charge in [0.25, 0.3) is 5.91 Å². The second-order valence-electron chi connectivity index (χ2n) is 6.03. The zero-order chi connectivity index (χ0) is 14.9. The van der Waals surface area contributed by atoms with Crippen molar-refractivity contribution in [3.05, 3.63) is 51.2 Å². The number of hydrogen-bond donors (Lipinski definition) is 1. The van der Waals surface area contributed by atoms with Gasteiger partial charge in [-0.15, -0.1) is 11.3 Å². The van der Waals surface area contributed by atoms with Crippen LogP contribution in [0.5, 0.6) is 0 Å². The number of carbonyl (C=O) groups is 1. The van der Waals surface area contributed by atoms with Gasteiger partial charge in [-0.1, -0.05) is 18.2 Å². The van der Waals surface area contributed by atoms with Crippen LogP contribution in [0, 0.1) is 0 Å². The maximum Gasteiger partial charge on any atom is 0.268 e. The minimum absolute atomic E-state index is 0.163. The van der Waals surface area contributed by atoms with Crippen LogP contribution < -0.4 is 10.2 Å². The number of nitrogens with zero attached hydrogens (tertiary/aromatic N) is 1. The molecule has 1 aliphatic carbocycles. The highest BCUT2D eigenvalue weighted by atomic mass is 32.1. The number of thiophene rings is 1. The highest BCUT2D eigenvalue weighted by Gasteiger charge is 2.25. The first kappa shape index (κ1) is 14.0. The molecule has 4 heteroatoms. The van der Waals surface area contributed by atoms with Gasteiger partial charge in [0.1, 0.15) is 0 Å². The number of anilines is 1. The Bertz CT molecular complexity index is 683. The molecule has 3 nitrogen and oxygen atoms in total. The van der Waals surface area contributed by atoms with Crippen LogP contribution >= 0.6 is 11.3 Å². The lowest BCUT2D eigenvalue weighted by Gasteiger charge is -2.21. The molecule has 0 radical (unpaired) electrons. The molecule has 1 aromatic heterocycles. The maximum absolute atomic E-state index is 13.0. The smallest absolute Gasteiger partial charge is 0.268 e. The monoisotopic (exact) mass is 312 g/mol. The molecule has 114 valence electrons. The maximum atomic E-state index is 13.0. The Kier molecular flexibility index (Phi) is 3.72. The molecule has 0 bridgehead atoms. The summed E-state index contributed by atoms with van der Waals surface area (Å²) in [7, 11) is 0. The Morgan fingerprint density at radius 3 is 2.91 bits per heavy atom. The molecular formula is C18H20N2OS. The molecule has 22 heavy (non-hydrogen) atoms. The van der Waals surface area contributed by atoms with E-state index in [2.05, 4.69) is 23.5 Å². The molecule has 0 saturated carbocycles. The van der Waals surface area contributed by atoms with Crippen molar-refractivity contribution in [3.8, 4) is 0 Å². The fourth-order valence-corrected chi connectivity index (χ4v) is 4.60. The number of fused-ring (bicyclic) bond motifs is 2. The quantitative estimate of drug-likeness (QED) is 0.875. The summed E-state index contributed by atoms with van der Waals surface area (Å²) in [5.41, 5.74) is 3.67. The molecule has 0 spiro atoms. The number of carbonyl (C=O) groups excluding carboxylic acids is 1. The zero-order valence-electron chi connectivity index (χ0n) is 12.6. The molecule has 1 N–H and O–H groups in total. The summed E-state index contributed by atoms with van der Waals surface area (Å²) in [4.78, 5) is 17.3.